The topological polar surface area (TPSA) is 84.2 Å². The fraction of sp³-hybridized carbons (Fsp3) is 0.310. The highest BCUT2D eigenvalue weighted by Crippen LogP contribution is 2.49. The largest absolute Gasteiger partial charge is 0.465 e. The van der Waals surface area contributed by atoms with Crippen molar-refractivity contribution in [1.82, 2.24) is 9.97 Å². The molecule has 6 rings (SSSR count). The Bertz CT molecular complexity index is 1310. The lowest BCUT2D eigenvalue weighted by Crippen LogP contribution is -2.35. The second-order valence-corrected chi connectivity index (χ2v) is 9.55. The van der Waals surface area contributed by atoms with E-state index >= 15 is 0 Å². The summed E-state index contributed by atoms with van der Waals surface area (Å²) in [6, 6.07) is 16.2. The lowest BCUT2D eigenvalue weighted by atomic mass is 9.83. The Morgan fingerprint density at radius 1 is 0.714 bits per heavy atom. The van der Waals surface area contributed by atoms with E-state index in [1.54, 1.807) is 0 Å². The van der Waals surface area contributed by atoms with Crippen molar-refractivity contribution in [1.29, 1.82) is 0 Å². The van der Waals surface area contributed by atoms with Gasteiger partial charge in [-0.05, 0) is 41.5 Å². The molecule has 35 heavy (non-hydrogen) atoms. The molecule has 2 aromatic carbocycles. The number of rotatable bonds is 8. The van der Waals surface area contributed by atoms with Gasteiger partial charge in [-0.15, -0.1) is 0 Å². The van der Waals surface area contributed by atoms with Crippen LogP contribution in [0.3, 0.4) is 0 Å². The summed E-state index contributed by atoms with van der Waals surface area (Å²) < 4.78 is 11.4. The minimum atomic E-state index is -0.464. The smallest absolute Gasteiger partial charge is 0.310 e. The fourth-order valence-electron chi connectivity index (χ4n) is 5.86. The van der Waals surface area contributed by atoms with Gasteiger partial charge in [0.05, 0.1) is 25.0 Å². The lowest BCUT2D eigenvalue weighted by Gasteiger charge is -2.25. The second kappa shape index (κ2) is 9.10. The zero-order valence-corrected chi connectivity index (χ0v) is 19.4. The van der Waals surface area contributed by atoms with Gasteiger partial charge in [0.15, 0.2) is 0 Å². The van der Waals surface area contributed by atoms with Gasteiger partial charge in [0, 0.05) is 47.0 Å². The number of hydrogen-bond acceptors (Lipinski definition) is 4. The molecule has 2 bridgehead atoms. The SMILES string of the molecule is O=C(OCCc1c[nH]c2ccccc12)C1C2C=CC(C2)C1C(=O)OCCc1c[nH]c2ccccc12. The number of fused-ring (bicyclic) bond motifs is 4. The number of aromatic amines is 2. The van der Waals surface area contributed by atoms with E-state index in [2.05, 4.69) is 34.3 Å². The summed E-state index contributed by atoms with van der Waals surface area (Å²) in [6.45, 7) is 0.585. The Balaban J connectivity index is 1.06. The first-order valence-corrected chi connectivity index (χ1v) is 12.3. The third-order valence-electron chi connectivity index (χ3n) is 7.58. The van der Waals surface area contributed by atoms with E-state index in [0.717, 1.165) is 39.4 Å². The number of esters is 2. The number of para-hydroxylation sites is 2. The van der Waals surface area contributed by atoms with Gasteiger partial charge in [-0.1, -0.05) is 48.6 Å². The maximum Gasteiger partial charge on any atom is 0.310 e. The average molecular weight is 469 g/mol. The third kappa shape index (κ3) is 4.03. The van der Waals surface area contributed by atoms with E-state index in [1.807, 2.05) is 48.8 Å². The molecule has 4 aromatic rings. The molecular weight excluding hydrogens is 440 g/mol. The second-order valence-electron chi connectivity index (χ2n) is 9.55. The van der Waals surface area contributed by atoms with Gasteiger partial charge in [-0.3, -0.25) is 9.59 Å². The van der Waals surface area contributed by atoms with Crippen LogP contribution in [-0.2, 0) is 31.9 Å². The average Bonchev–Trinajstić information content (AvgIpc) is 3.67. The van der Waals surface area contributed by atoms with Crippen LogP contribution in [0.15, 0.2) is 73.1 Å². The summed E-state index contributed by atoms with van der Waals surface area (Å²) in [5.41, 5.74) is 4.38. The van der Waals surface area contributed by atoms with Crippen molar-refractivity contribution in [3.05, 3.63) is 84.2 Å². The Kier molecular flexibility index (Phi) is 5.64. The Hall–Kier alpha value is -3.80. The van der Waals surface area contributed by atoms with E-state index in [4.69, 9.17) is 9.47 Å². The minimum absolute atomic E-state index is 0.0479. The number of H-pyrrole nitrogens is 2. The number of nitrogens with one attached hydrogen (secondary N) is 2. The maximum absolute atomic E-state index is 13.1. The van der Waals surface area contributed by atoms with Gasteiger partial charge in [0.2, 0.25) is 0 Å². The monoisotopic (exact) mass is 468 g/mol. The maximum atomic E-state index is 13.1. The molecule has 6 nitrogen and oxygen atoms in total. The first-order chi connectivity index (χ1) is 17.2. The number of aromatic nitrogens is 2. The molecule has 1 saturated carbocycles. The van der Waals surface area contributed by atoms with E-state index < -0.39 is 11.8 Å². The molecule has 4 atom stereocenters. The normalized spacial score (nSPS) is 22.7. The molecule has 2 aliphatic carbocycles. The van der Waals surface area contributed by atoms with Crippen LogP contribution in [-0.4, -0.2) is 35.1 Å². The first kappa shape index (κ1) is 21.7. The first-order valence-electron chi connectivity index (χ1n) is 12.3. The summed E-state index contributed by atoms with van der Waals surface area (Å²) in [5, 5.41) is 2.28. The van der Waals surface area contributed by atoms with Gasteiger partial charge >= 0.3 is 11.9 Å². The fourth-order valence-corrected chi connectivity index (χ4v) is 5.86. The Labute approximate surface area is 203 Å². The number of carbonyl (C=O) groups excluding carboxylic acids is 2. The summed E-state index contributed by atoms with van der Waals surface area (Å²) in [4.78, 5) is 32.7. The van der Waals surface area contributed by atoms with Crippen molar-refractivity contribution in [2.45, 2.75) is 19.3 Å². The Morgan fingerprint density at radius 2 is 1.17 bits per heavy atom. The molecule has 1 fully saturated rings. The summed E-state index contributed by atoms with van der Waals surface area (Å²) >= 11 is 0. The molecule has 4 unspecified atom stereocenters. The predicted octanol–water partition coefficient (Wildman–Crippen LogP) is 4.96. The van der Waals surface area contributed by atoms with Crippen molar-refractivity contribution < 1.29 is 19.1 Å². The number of allylic oxidation sites excluding steroid dienone is 2. The van der Waals surface area contributed by atoms with Gasteiger partial charge in [-0.25, -0.2) is 0 Å². The number of ether oxygens (including phenoxy) is 2. The molecular formula is C29H28N2O4. The molecule has 2 N–H and O–H groups in total. The van der Waals surface area contributed by atoms with Gasteiger partial charge < -0.3 is 19.4 Å². The van der Waals surface area contributed by atoms with Crippen LogP contribution in [0.25, 0.3) is 21.8 Å². The molecule has 0 amide bonds. The van der Waals surface area contributed by atoms with Crippen molar-refractivity contribution in [3.8, 4) is 0 Å². The van der Waals surface area contributed by atoms with Crippen LogP contribution in [0.1, 0.15) is 17.5 Å². The molecule has 0 aliphatic heterocycles. The number of carbonyl (C=O) groups is 2. The molecule has 178 valence electrons. The highest BCUT2D eigenvalue weighted by Gasteiger charge is 2.53. The highest BCUT2D eigenvalue weighted by atomic mass is 16.5. The molecule has 2 heterocycles. The zero-order chi connectivity index (χ0) is 23.8. The quantitative estimate of drug-likeness (QED) is 0.283. The summed E-state index contributed by atoms with van der Waals surface area (Å²) in [7, 11) is 0. The van der Waals surface area contributed by atoms with Gasteiger partial charge in [-0.2, -0.15) is 0 Å². The number of benzene rings is 2. The van der Waals surface area contributed by atoms with Crippen LogP contribution in [0, 0.1) is 23.7 Å². The predicted molar refractivity (Wildman–Crippen MR) is 134 cm³/mol. The number of hydrogen-bond donors (Lipinski definition) is 2. The van der Waals surface area contributed by atoms with E-state index in [0.29, 0.717) is 26.1 Å². The van der Waals surface area contributed by atoms with Crippen molar-refractivity contribution in [2.75, 3.05) is 13.2 Å². The van der Waals surface area contributed by atoms with Crippen LogP contribution >= 0.6 is 0 Å². The molecule has 2 aliphatic rings. The van der Waals surface area contributed by atoms with Crippen LogP contribution in [0.4, 0.5) is 0 Å². The standard InChI is InChI=1S/C29H28N2O4/c32-28(34-13-11-20-16-30-24-7-3-1-5-22(20)24)26-18-9-10-19(15-18)27(26)29(33)35-14-12-21-17-31-25-8-4-2-6-23(21)25/h1-10,16-19,26-27,30-31H,11-15H2. The molecule has 0 saturated heterocycles. The van der Waals surface area contributed by atoms with Crippen LogP contribution in [0.5, 0.6) is 0 Å². The highest BCUT2D eigenvalue weighted by molar-refractivity contribution is 5.85. The van der Waals surface area contributed by atoms with Crippen molar-refractivity contribution in [3.63, 3.8) is 0 Å². The van der Waals surface area contributed by atoms with E-state index in [1.165, 1.54) is 0 Å². The molecule has 0 spiro atoms. The van der Waals surface area contributed by atoms with Gasteiger partial charge in [0.25, 0.3) is 0 Å². The molecule has 0 radical (unpaired) electrons. The molecule has 6 heteroatoms. The lowest BCUT2D eigenvalue weighted by molar-refractivity contribution is -0.161. The Morgan fingerprint density at radius 3 is 1.66 bits per heavy atom. The van der Waals surface area contributed by atoms with Crippen molar-refractivity contribution in [2.24, 2.45) is 23.7 Å². The van der Waals surface area contributed by atoms with E-state index in [9.17, 15) is 9.59 Å². The minimum Gasteiger partial charge on any atom is -0.465 e. The summed E-state index contributed by atoms with van der Waals surface area (Å²) in [5.74, 6) is -1.42. The van der Waals surface area contributed by atoms with E-state index in [-0.39, 0.29) is 23.8 Å². The van der Waals surface area contributed by atoms with Crippen LogP contribution < -0.4 is 0 Å². The van der Waals surface area contributed by atoms with Crippen LogP contribution in [0.2, 0.25) is 0 Å². The third-order valence-corrected chi connectivity index (χ3v) is 7.58. The summed E-state index contributed by atoms with van der Waals surface area (Å²) in [6.07, 6.45) is 10.1. The zero-order valence-electron chi connectivity index (χ0n) is 19.4. The van der Waals surface area contributed by atoms with Crippen molar-refractivity contribution >= 4 is 33.7 Å². The molecule has 2 aromatic heterocycles. The van der Waals surface area contributed by atoms with Gasteiger partial charge in [0.1, 0.15) is 0 Å².